The van der Waals surface area contributed by atoms with E-state index < -0.39 is 0 Å². The first-order valence-corrected chi connectivity index (χ1v) is 11.7. The minimum atomic E-state index is -0.108. The second-order valence-corrected chi connectivity index (χ2v) is 10.6. The molecule has 0 aliphatic heterocycles. The van der Waals surface area contributed by atoms with E-state index in [0.29, 0.717) is 51.7 Å². The van der Waals surface area contributed by atoms with Crippen LogP contribution in [0.25, 0.3) is 0 Å². The Morgan fingerprint density at radius 1 is 1.37 bits per heavy atom. The van der Waals surface area contributed by atoms with Crippen LogP contribution in [0.1, 0.15) is 56.0 Å². The van der Waals surface area contributed by atoms with E-state index in [4.69, 9.17) is 27.9 Å². The monoisotopic (exact) mass is 464 g/mol. The van der Waals surface area contributed by atoms with E-state index in [1.807, 2.05) is 0 Å². The van der Waals surface area contributed by atoms with E-state index >= 15 is 0 Å². The Balaban J connectivity index is 1.55. The average molecular weight is 465 g/mol. The van der Waals surface area contributed by atoms with Crippen molar-refractivity contribution in [3.8, 4) is 11.8 Å². The largest absolute Gasteiger partial charge is 0.492 e. The van der Waals surface area contributed by atoms with E-state index in [-0.39, 0.29) is 11.3 Å². The third-order valence-corrected chi connectivity index (χ3v) is 7.25. The molecule has 1 N–H and O–H groups in total. The van der Waals surface area contributed by atoms with Gasteiger partial charge >= 0.3 is 0 Å². The number of thiophene rings is 1. The Bertz CT molecular complexity index is 973. The van der Waals surface area contributed by atoms with Gasteiger partial charge in [0, 0.05) is 16.3 Å². The zero-order chi connectivity index (χ0) is 21.9. The molecule has 160 valence electrons. The van der Waals surface area contributed by atoms with Gasteiger partial charge in [0.1, 0.15) is 16.8 Å². The summed E-state index contributed by atoms with van der Waals surface area (Å²) in [5.74, 6) is 1.03. The van der Waals surface area contributed by atoms with E-state index in [2.05, 4.69) is 32.2 Å². The van der Waals surface area contributed by atoms with Gasteiger partial charge in [-0.3, -0.25) is 4.79 Å². The molecule has 0 spiro atoms. The number of carbonyl (C=O) groups excluding carboxylic acids is 1. The Morgan fingerprint density at radius 3 is 2.80 bits per heavy atom. The number of ether oxygens (including phenoxy) is 1. The van der Waals surface area contributed by atoms with Crippen molar-refractivity contribution >= 4 is 45.4 Å². The molecule has 0 fully saturated rings. The molecule has 2 aromatic rings. The fourth-order valence-electron chi connectivity index (χ4n) is 3.73. The number of hydrogen-bond donors (Lipinski definition) is 1. The lowest BCUT2D eigenvalue weighted by atomic mass is 9.72. The van der Waals surface area contributed by atoms with E-state index in [1.165, 1.54) is 4.88 Å². The fraction of sp³-hybridized carbons (Fsp3) is 0.478. The minimum absolute atomic E-state index is 0.108. The quantitative estimate of drug-likeness (QED) is 0.473. The Labute approximate surface area is 192 Å². The molecule has 30 heavy (non-hydrogen) atoms. The number of nitrogens with zero attached hydrogens (tertiary/aromatic N) is 1. The highest BCUT2D eigenvalue weighted by Gasteiger charge is 2.32. The molecule has 1 aliphatic rings. The molecule has 1 amide bonds. The van der Waals surface area contributed by atoms with Gasteiger partial charge in [0.05, 0.1) is 17.2 Å². The van der Waals surface area contributed by atoms with Gasteiger partial charge < -0.3 is 10.1 Å². The number of amides is 1. The summed E-state index contributed by atoms with van der Waals surface area (Å²) in [5, 5.41) is 14.3. The van der Waals surface area contributed by atoms with Crippen LogP contribution in [0.5, 0.6) is 5.75 Å². The summed E-state index contributed by atoms with van der Waals surface area (Å²) in [4.78, 5) is 13.7. The van der Waals surface area contributed by atoms with Gasteiger partial charge in [-0.1, -0.05) is 44.0 Å². The number of halogens is 2. The number of nitriles is 1. The maximum atomic E-state index is 12.4. The summed E-state index contributed by atoms with van der Waals surface area (Å²) >= 11 is 13.5. The molecule has 1 aromatic carbocycles. The standard InChI is InChI=1S/C23H26Cl2N2O2S/c1-23(2,3)14-6-8-16-17(13-26)22(30-20(16)11-14)27-21(28)5-4-10-29-19-9-7-15(24)12-18(19)25/h7,9,12,14H,4-6,8,10-11H2,1-3H3,(H,27,28)/t14-/m1/s1. The number of benzene rings is 1. The number of anilines is 1. The van der Waals surface area contributed by atoms with Gasteiger partial charge in [-0.2, -0.15) is 5.26 Å². The normalized spacial score (nSPS) is 15.9. The van der Waals surface area contributed by atoms with Crippen LogP contribution in [0.2, 0.25) is 10.0 Å². The molecule has 1 atom stereocenters. The predicted octanol–water partition coefficient (Wildman–Crippen LogP) is 6.88. The highest BCUT2D eigenvalue weighted by molar-refractivity contribution is 7.16. The lowest BCUT2D eigenvalue weighted by Crippen LogP contribution is -2.26. The SMILES string of the molecule is CC(C)(C)[C@@H]1CCc2c(sc(NC(=O)CCCOc3ccc(Cl)cc3Cl)c2C#N)C1. The van der Waals surface area contributed by atoms with Crippen molar-refractivity contribution in [2.24, 2.45) is 11.3 Å². The van der Waals surface area contributed by atoms with Crippen LogP contribution in [0.4, 0.5) is 5.00 Å². The summed E-state index contributed by atoms with van der Waals surface area (Å²) in [5.41, 5.74) is 2.00. The van der Waals surface area contributed by atoms with Gasteiger partial charge in [0.15, 0.2) is 0 Å². The molecular weight excluding hydrogens is 439 g/mol. The molecule has 3 rings (SSSR count). The van der Waals surface area contributed by atoms with E-state index in [0.717, 1.165) is 24.8 Å². The van der Waals surface area contributed by atoms with Crippen molar-refractivity contribution in [2.75, 3.05) is 11.9 Å². The highest BCUT2D eigenvalue weighted by Crippen LogP contribution is 2.44. The maximum Gasteiger partial charge on any atom is 0.225 e. The smallest absolute Gasteiger partial charge is 0.225 e. The third-order valence-electron chi connectivity index (χ3n) is 5.55. The van der Waals surface area contributed by atoms with Crippen LogP contribution in [-0.4, -0.2) is 12.5 Å². The predicted molar refractivity (Wildman–Crippen MR) is 124 cm³/mol. The number of carbonyl (C=O) groups is 1. The summed E-state index contributed by atoms with van der Waals surface area (Å²) in [6.45, 7) is 7.17. The van der Waals surface area contributed by atoms with Gasteiger partial charge in [-0.05, 0) is 60.8 Å². The number of nitrogens with one attached hydrogen (secondary N) is 1. The minimum Gasteiger partial charge on any atom is -0.492 e. The Kier molecular flexibility index (Phi) is 7.34. The van der Waals surface area contributed by atoms with E-state index in [9.17, 15) is 10.1 Å². The second kappa shape index (κ2) is 9.60. The first-order valence-electron chi connectivity index (χ1n) is 10.1. The van der Waals surface area contributed by atoms with Crippen molar-refractivity contribution in [2.45, 2.75) is 52.9 Å². The molecule has 0 saturated heterocycles. The molecule has 1 aromatic heterocycles. The summed E-state index contributed by atoms with van der Waals surface area (Å²) < 4.78 is 5.63. The van der Waals surface area contributed by atoms with Crippen molar-refractivity contribution in [3.63, 3.8) is 0 Å². The number of rotatable bonds is 6. The topological polar surface area (TPSA) is 62.1 Å². The van der Waals surface area contributed by atoms with Crippen LogP contribution in [-0.2, 0) is 17.6 Å². The number of hydrogen-bond acceptors (Lipinski definition) is 4. The molecule has 0 saturated carbocycles. The van der Waals surface area contributed by atoms with Crippen LogP contribution < -0.4 is 10.1 Å². The molecule has 1 aliphatic carbocycles. The fourth-order valence-corrected chi connectivity index (χ4v) is 5.48. The van der Waals surface area contributed by atoms with Crippen molar-refractivity contribution in [1.29, 1.82) is 5.26 Å². The van der Waals surface area contributed by atoms with Crippen LogP contribution >= 0.6 is 34.5 Å². The second-order valence-electron chi connectivity index (χ2n) is 8.70. The van der Waals surface area contributed by atoms with Crippen LogP contribution in [0.15, 0.2) is 18.2 Å². The Hall–Kier alpha value is -1.74. The molecule has 0 unspecified atom stereocenters. The maximum absolute atomic E-state index is 12.4. The lowest BCUT2D eigenvalue weighted by Gasteiger charge is -2.33. The van der Waals surface area contributed by atoms with Gasteiger partial charge in [0.2, 0.25) is 5.91 Å². The van der Waals surface area contributed by atoms with Crippen LogP contribution in [0.3, 0.4) is 0 Å². The molecule has 4 nitrogen and oxygen atoms in total. The summed E-state index contributed by atoms with van der Waals surface area (Å²) in [7, 11) is 0. The molecule has 0 bridgehead atoms. The lowest BCUT2D eigenvalue weighted by molar-refractivity contribution is -0.116. The van der Waals surface area contributed by atoms with Crippen LogP contribution in [0, 0.1) is 22.7 Å². The van der Waals surface area contributed by atoms with Gasteiger partial charge in [-0.15, -0.1) is 11.3 Å². The number of fused-ring (bicyclic) bond motifs is 1. The first kappa shape index (κ1) is 22.9. The molecule has 0 radical (unpaired) electrons. The third kappa shape index (κ3) is 5.49. The average Bonchev–Trinajstić information content (AvgIpc) is 3.01. The zero-order valence-corrected chi connectivity index (χ0v) is 19.8. The van der Waals surface area contributed by atoms with Crippen molar-refractivity contribution < 1.29 is 9.53 Å². The van der Waals surface area contributed by atoms with Crippen molar-refractivity contribution in [1.82, 2.24) is 0 Å². The van der Waals surface area contributed by atoms with E-state index in [1.54, 1.807) is 29.5 Å². The zero-order valence-electron chi connectivity index (χ0n) is 17.5. The Morgan fingerprint density at radius 2 is 2.13 bits per heavy atom. The van der Waals surface area contributed by atoms with Gasteiger partial charge in [-0.25, -0.2) is 0 Å². The summed E-state index contributed by atoms with van der Waals surface area (Å²) in [6.07, 6.45) is 3.82. The van der Waals surface area contributed by atoms with Crippen molar-refractivity contribution in [3.05, 3.63) is 44.2 Å². The molecule has 7 heteroatoms. The van der Waals surface area contributed by atoms with Gasteiger partial charge in [0.25, 0.3) is 0 Å². The molecule has 1 heterocycles. The highest BCUT2D eigenvalue weighted by atomic mass is 35.5. The molecular formula is C23H26Cl2N2O2S. The first-order chi connectivity index (χ1) is 14.2. The summed E-state index contributed by atoms with van der Waals surface area (Å²) in [6, 6.07) is 7.35.